The number of ketones is 1. The Kier molecular flexibility index (Phi) is 5.38. The summed E-state index contributed by atoms with van der Waals surface area (Å²) in [5, 5.41) is 2.89. The molecule has 25 heavy (non-hydrogen) atoms. The first kappa shape index (κ1) is 17.1. The van der Waals surface area contributed by atoms with Gasteiger partial charge in [-0.05, 0) is 55.2 Å². The zero-order valence-electron chi connectivity index (χ0n) is 13.7. The van der Waals surface area contributed by atoms with Crippen LogP contribution >= 0.6 is 0 Å². The predicted octanol–water partition coefficient (Wildman–Crippen LogP) is 3.50. The number of ether oxygens (including phenoxy) is 1. The zero-order valence-corrected chi connectivity index (χ0v) is 13.7. The van der Waals surface area contributed by atoms with Crippen LogP contribution in [0.4, 0.5) is 4.39 Å². The van der Waals surface area contributed by atoms with Crippen LogP contribution in [-0.2, 0) is 4.79 Å². The number of hydrogen-bond donors (Lipinski definition) is 1. The third kappa shape index (κ3) is 4.62. The summed E-state index contributed by atoms with van der Waals surface area (Å²) >= 11 is 0. The van der Waals surface area contributed by atoms with Crippen LogP contribution < -0.4 is 10.1 Å². The maximum atomic E-state index is 13.0. The van der Waals surface area contributed by atoms with E-state index < -0.39 is 0 Å². The van der Waals surface area contributed by atoms with Crippen molar-refractivity contribution in [3.8, 4) is 11.6 Å². The molecule has 1 heterocycles. The second kappa shape index (κ2) is 7.88. The highest BCUT2D eigenvalue weighted by molar-refractivity contribution is 5.96. The van der Waals surface area contributed by atoms with Gasteiger partial charge in [0.05, 0.1) is 0 Å². The Morgan fingerprint density at radius 3 is 2.64 bits per heavy atom. The maximum absolute atomic E-state index is 13.0. The zero-order chi connectivity index (χ0) is 17.6. The molecule has 0 atom stereocenters. The second-order valence-corrected chi connectivity index (χ2v) is 6.10. The summed E-state index contributed by atoms with van der Waals surface area (Å²) in [6.07, 6.45) is 4.33. The lowest BCUT2D eigenvalue weighted by Gasteiger charge is -2.21. The Bertz CT molecular complexity index is 752. The van der Waals surface area contributed by atoms with Gasteiger partial charge in [-0.2, -0.15) is 0 Å². The molecule has 1 aromatic heterocycles. The monoisotopic (exact) mass is 342 g/mol. The van der Waals surface area contributed by atoms with Crippen LogP contribution in [0.2, 0.25) is 0 Å². The Balaban J connectivity index is 1.64. The minimum Gasteiger partial charge on any atom is -0.438 e. The lowest BCUT2D eigenvalue weighted by Crippen LogP contribution is -2.31. The number of benzene rings is 1. The van der Waals surface area contributed by atoms with Crippen molar-refractivity contribution in [2.75, 3.05) is 6.54 Å². The SMILES string of the molecule is O=C1CCC(CNC(=O)c2cccnc2Oc2ccc(F)cc2)CC1. The molecule has 2 aromatic rings. The van der Waals surface area contributed by atoms with Crippen LogP contribution in [0.3, 0.4) is 0 Å². The molecule has 1 aliphatic carbocycles. The Morgan fingerprint density at radius 2 is 1.92 bits per heavy atom. The summed E-state index contributed by atoms with van der Waals surface area (Å²) < 4.78 is 18.6. The van der Waals surface area contributed by atoms with Gasteiger partial charge in [-0.15, -0.1) is 0 Å². The molecule has 5 nitrogen and oxygen atoms in total. The molecule has 6 heteroatoms. The van der Waals surface area contributed by atoms with Gasteiger partial charge in [0.15, 0.2) is 0 Å². The van der Waals surface area contributed by atoms with Gasteiger partial charge in [0, 0.05) is 25.6 Å². The minimum absolute atomic E-state index is 0.172. The van der Waals surface area contributed by atoms with Gasteiger partial charge in [0.2, 0.25) is 5.88 Å². The molecule has 0 saturated heterocycles. The van der Waals surface area contributed by atoms with Gasteiger partial charge in [0.1, 0.15) is 22.9 Å². The minimum atomic E-state index is -0.364. The number of nitrogens with zero attached hydrogens (tertiary/aromatic N) is 1. The topological polar surface area (TPSA) is 68.3 Å². The molecule has 1 aromatic carbocycles. The van der Waals surface area contributed by atoms with Gasteiger partial charge in [-0.3, -0.25) is 9.59 Å². The molecule has 0 radical (unpaired) electrons. The quantitative estimate of drug-likeness (QED) is 0.903. The Labute approximate surface area is 145 Å². The largest absolute Gasteiger partial charge is 0.438 e. The first-order chi connectivity index (χ1) is 12.1. The molecule has 1 N–H and O–H groups in total. The third-order valence-electron chi connectivity index (χ3n) is 4.26. The van der Waals surface area contributed by atoms with Gasteiger partial charge < -0.3 is 10.1 Å². The van der Waals surface area contributed by atoms with Gasteiger partial charge in [-0.1, -0.05) is 0 Å². The van der Waals surface area contributed by atoms with Crippen molar-refractivity contribution in [2.45, 2.75) is 25.7 Å². The third-order valence-corrected chi connectivity index (χ3v) is 4.26. The van der Waals surface area contributed by atoms with E-state index in [9.17, 15) is 14.0 Å². The smallest absolute Gasteiger partial charge is 0.256 e. The molecular formula is C19H19FN2O3. The standard InChI is InChI=1S/C19H19FN2O3/c20-14-5-9-16(10-6-14)25-19-17(2-1-11-21-19)18(24)22-12-13-3-7-15(23)8-4-13/h1-2,5-6,9-11,13H,3-4,7-8,12H2,(H,22,24). The van der Waals surface area contributed by atoms with E-state index in [4.69, 9.17) is 4.74 Å². The fraction of sp³-hybridized carbons (Fsp3) is 0.316. The Hall–Kier alpha value is -2.76. The molecule has 0 spiro atoms. The normalized spacial score (nSPS) is 15.0. The summed E-state index contributed by atoms with van der Waals surface area (Å²) in [4.78, 5) is 27.8. The van der Waals surface area contributed by atoms with Crippen LogP contribution in [0, 0.1) is 11.7 Å². The van der Waals surface area contributed by atoms with Gasteiger partial charge in [-0.25, -0.2) is 9.37 Å². The molecule has 0 unspecified atom stereocenters. The summed E-state index contributed by atoms with van der Waals surface area (Å²) in [5.41, 5.74) is 0.318. The average molecular weight is 342 g/mol. The van der Waals surface area contributed by atoms with E-state index in [2.05, 4.69) is 10.3 Å². The summed E-state index contributed by atoms with van der Waals surface area (Å²) in [6.45, 7) is 0.525. The fourth-order valence-corrected chi connectivity index (χ4v) is 2.80. The van der Waals surface area contributed by atoms with Crippen molar-refractivity contribution in [1.82, 2.24) is 10.3 Å². The number of carbonyl (C=O) groups is 2. The molecule has 130 valence electrons. The lowest BCUT2D eigenvalue weighted by molar-refractivity contribution is -0.120. The van der Waals surface area contributed by atoms with Gasteiger partial charge >= 0.3 is 0 Å². The Morgan fingerprint density at radius 1 is 1.20 bits per heavy atom. The number of carbonyl (C=O) groups excluding carboxylic acids is 2. The number of amides is 1. The van der Waals surface area contributed by atoms with E-state index in [1.54, 1.807) is 12.1 Å². The highest BCUT2D eigenvalue weighted by Crippen LogP contribution is 2.24. The number of rotatable bonds is 5. The number of Topliss-reactive ketones (excluding diaryl/α,β-unsaturated/α-hetero) is 1. The second-order valence-electron chi connectivity index (χ2n) is 6.10. The van der Waals surface area contributed by atoms with Crippen LogP contribution in [-0.4, -0.2) is 23.2 Å². The summed E-state index contributed by atoms with van der Waals surface area (Å²) in [5.74, 6) is 0.550. The van der Waals surface area contributed by atoms with E-state index in [1.807, 2.05) is 0 Å². The van der Waals surface area contributed by atoms with E-state index in [1.165, 1.54) is 30.5 Å². The summed E-state index contributed by atoms with van der Waals surface area (Å²) in [7, 11) is 0. The first-order valence-corrected chi connectivity index (χ1v) is 8.30. The summed E-state index contributed by atoms with van der Waals surface area (Å²) in [6, 6.07) is 8.80. The van der Waals surface area contributed by atoms with E-state index in [-0.39, 0.29) is 17.6 Å². The fourth-order valence-electron chi connectivity index (χ4n) is 2.80. The molecule has 0 bridgehead atoms. The number of hydrogen-bond acceptors (Lipinski definition) is 4. The molecule has 1 saturated carbocycles. The van der Waals surface area contributed by atoms with E-state index in [0.29, 0.717) is 42.4 Å². The molecule has 0 aliphatic heterocycles. The van der Waals surface area contributed by atoms with Crippen LogP contribution in [0.25, 0.3) is 0 Å². The molecule has 1 fully saturated rings. The van der Waals surface area contributed by atoms with Crippen molar-refractivity contribution >= 4 is 11.7 Å². The van der Waals surface area contributed by atoms with Crippen LogP contribution in [0.1, 0.15) is 36.0 Å². The first-order valence-electron chi connectivity index (χ1n) is 8.30. The average Bonchev–Trinajstić information content (AvgIpc) is 2.63. The van der Waals surface area contributed by atoms with Crippen molar-refractivity contribution in [2.24, 2.45) is 5.92 Å². The highest BCUT2D eigenvalue weighted by atomic mass is 19.1. The number of nitrogens with one attached hydrogen (secondary N) is 1. The maximum Gasteiger partial charge on any atom is 0.256 e. The molecular weight excluding hydrogens is 323 g/mol. The van der Waals surface area contributed by atoms with Crippen molar-refractivity contribution < 1.29 is 18.7 Å². The van der Waals surface area contributed by atoms with E-state index in [0.717, 1.165) is 12.8 Å². The predicted molar refractivity (Wildman–Crippen MR) is 90.0 cm³/mol. The van der Waals surface area contributed by atoms with Crippen LogP contribution in [0.5, 0.6) is 11.6 Å². The highest BCUT2D eigenvalue weighted by Gasteiger charge is 2.20. The van der Waals surface area contributed by atoms with E-state index >= 15 is 0 Å². The molecule has 1 amide bonds. The van der Waals surface area contributed by atoms with Crippen molar-refractivity contribution in [3.05, 3.63) is 54.0 Å². The number of pyridine rings is 1. The van der Waals surface area contributed by atoms with Crippen LogP contribution in [0.15, 0.2) is 42.6 Å². The lowest BCUT2D eigenvalue weighted by atomic mass is 9.88. The number of halogens is 1. The van der Waals surface area contributed by atoms with Crippen molar-refractivity contribution in [3.63, 3.8) is 0 Å². The van der Waals surface area contributed by atoms with Crippen molar-refractivity contribution in [1.29, 1.82) is 0 Å². The number of aromatic nitrogens is 1. The molecule has 1 aliphatic rings. The van der Waals surface area contributed by atoms with Gasteiger partial charge in [0.25, 0.3) is 5.91 Å². The molecule has 3 rings (SSSR count).